The Kier molecular flexibility index (Phi) is 7.33. The monoisotopic (exact) mass is 448 g/mol. The molecule has 3 aromatic rings. The van der Waals surface area contributed by atoms with Gasteiger partial charge in [0.2, 0.25) is 0 Å². The summed E-state index contributed by atoms with van der Waals surface area (Å²) >= 11 is 0. The Morgan fingerprint density at radius 1 is 1.12 bits per heavy atom. The van der Waals surface area contributed by atoms with Crippen molar-refractivity contribution in [2.75, 3.05) is 33.3 Å². The molecule has 1 atom stereocenters. The summed E-state index contributed by atoms with van der Waals surface area (Å²) in [7, 11) is 2.21. The maximum absolute atomic E-state index is 12.9. The molecule has 2 heterocycles. The Balaban J connectivity index is 1.69. The first kappa shape index (κ1) is 23.3. The minimum Gasteiger partial charge on any atom is -0.494 e. The first-order valence-corrected chi connectivity index (χ1v) is 12.2. The summed E-state index contributed by atoms with van der Waals surface area (Å²) in [4.78, 5) is 22.2. The lowest BCUT2D eigenvalue weighted by atomic mass is 10.1. The largest absolute Gasteiger partial charge is 0.494 e. The predicted octanol–water partition coefficient (Wildman–Crippen LogP) is 4.60. The predicted molar refractivity (Wildman–Crippen MR) is 133 cm³/mol. The van der Waals surface area contributed by atoms with Gasteiger partial charge >= 0.3 is 0 Å². The molecule has 0 radical (unpaired) electrons. The van der Waals surface area contributed by atoms with E-state index in [1.54, 1.807) is 0 Å². The fourth-order valence-electron chi connectivity index (χ4n) is 4.82. The van der Waals surface area contributed by atoms with E-state index >= 15 is 0 Å². The normalized spacial score (nSPS) is 16.4. The van der Waals surface area contributed by atoms with Crippen LogP contribution in [0.3, 0.4) is 0 Å². The highest BCUT2D eigenvalue weighted by molar-refractivity contribution is 5.97. The number of benzene rings is 2. The lowest BCUT2D eigenvalue weighted by Crippen LogP contribution is -2.30. The third-order valence-corrected chi connectivity index (χ3v) is 6.79. The van der Waals surface area contributed by atoms with E-state index in [1.165, 1.54) is 18.4 Å². The van der Waals surface area contributed by atoms with Crippen LogP contribution >= 0.6 is 0 Å². The molecule has 6 heteroatoms. The summed E-state index contributed by atoms with van der Waals surface area (Å²) in [5.41, 5.74) is 3.91. The number of rotatable bonds is 9. The SMILES string of the molecule is CCOc1ccc(Cc2nc3cc(C(=O)N(CC)CC)ccc3n2C[C@H]2CCCN2C)cc1. The fourth-order valence-corrected chi connectivity index (χ4v) is 4.82. The zero-order valence-electron chi connectivity index (χ0n) is 20.4. The molecule has 0 unspecified atom stereocenters. The molecule has 1 saturated heterocycles. The topological polar surface area (TPSA) is 50.6 Å². The minimum atomic E-state index is 0.0695. The maximum atomic E-state index is 12.9. The summed E-state index contributed by atoms with van der Waals surface area (Å²) in [5, 5.41) is 0. The molecule has 176 valence electrons. The average Bonchev–Trinajstić information content (AvgIpc) is 3.38. The fraction of sp³-hybridized carbons (Fsp3) is 0.481. The van der Waals surface area contributed by atoms with Crippen LogP contribution < -0.4 is 4.74 Å². The van der Waals surface area contributed by atoms with Crippen LogP contribution in [0.15, 0.2) is 42.5 Å². The first-order valence-electron chi connectivity index (χ1n) is 12.2. The van der Waals surface area contributed by atoms with E-state index in [4.69, 9.17) is 9.72 Å². The number of nitrogens with zero attached hydrogens (tertiary/aromatic N) is 4. The molecule has 0 spiro atoms. The van der Waals surface area contributed by atoms with Crippen LogP contribution in [0.25, 0.3) is 11.0 Å². The number of ether oxygens (including phenoxy) is 1. The van der Waals surface area contributed by atoms with Crippen molar-refractivity contribution in [1.82, 2.24) is 19.4 Å². The van der Waals surface area contributed by atoms with Crippen molar-refractivity contribution < 1.29 is 9.53 Å². The van der Waals surface area contributed by atoms with E-state index in [9.17, 15) is 4.79 Å². The van der Waals surface area contributed by atoms with Crippen molar-refractivity contribution in [2.24, 2.45) is 0 Å². The second kappa shape index (κ2) is 10.4. The second-order valence-electron chi connectivity index (χ2n) is 8.85. The summed E-state index contributed by atoms with van der Waals surface area (Å²) in [6, 6.07) is 14.8. The molecule has 1 amide bonds. The van der Waals surface area contributed by atoms with Crippen LogP contribution in [-0.2, 0) is 13.0 Å². The van der Waals surface area contributed by atoms with Crippen LogP contribution in [0.2, 0.25) is 0 Å². The van der Waals surface area contributed by atoms with Crippen molar-refractivity contribution in [3.05, 3.63) is 59.4 Å². The first-order chi connectivity index (χ1) is 16.0. The van der Waals surface area contributed by atoms with Gasteiger partial charge in [-0.3, -0.25) is 4.79 Å². The quantitative estimate of drug-likeness (QED) is 0.480. The number of hydrogen-bond donors (Lipinski definition) is 0. The van der Waals surface area contributed by atoms with Crippen LogP contribution in [0.4, 0.5) is 0 Å². The molecular formula is C27H36N4O2. The smallest absolute Gasteiger partial charge is 0.253 e. The number of likely N-dealkylation sites (N-methyl/N-ethyl adjacent to an activating group) is 1. The highest BCUT2D eigenvalue weighted by Gasteiger charge is 2.24. The molecule has 1 aliphatic heterocycles. The van der Waals surface area contributed by atoms with Crippen molar-refractivity contribution in [3.63, 3.8) is 0 Å². The van der Waals surface area contributed by atoms with Crippen LogP contribution in [-0.4, -0.2) is 64.6 Å². The molecule has 1 fully saturated rings. The van der Waals surface area contributed by atoms with Crippen LogP contribution in [0.5, 0.6) is 5.75 Å². The highest BCUT2D eigenvalue weighted by Crippen LogP contribution is 2.25. The van der Waals surface area contributed by atoms with Gasteiger partial charge in [0.05, 0.1) is 17.6 Å². The van der Waals surface area contributed by atoms with Gasteiger partial charge in [-0.15, -0.1) is 0 Å². The number of carbonyl (C=O) groups excluding carboxylic acids is 1. The van der Waals surface area contributed by atoms with Gasteiger partial charge in [0.15, 0.2) is 0 Å². The molecular weight excluding hydrogens is 412 g/mol. The summed E-state index contributed by atoms with van der Waals surface area (Å²) < 4.78 is 7.96. The molecule has 1 aliphatic rings. The standard InChI is InChI=1S/C27H36N4O2/c1-5-30(6-2)27(32)21-12-15-25-24(18-21)28-26(31(25)19-22-9-8-16-29(22)4)17-20-10-13-23(14-11-20)33-7-3/h10-15,18,22H,5-9,16-17,19H2,1-4H3/t22-/m1/s1. The van der Waals surface area contributed by atoms with Crippen molar-refractivity contribution in [1.29, 1.82) is 0 Å². The number of imidazole rings is 1. The Labute approximate surface area is 197 Å². The van der Waals surface area contributed by atoms with Gasteiger partial charge < -0.3 is 19.1 Å². The Morgan fingerprint density at radius 2 is 1.88 bits per heavy atom. The van der Waals surface area contributed by atoms with Gasteiger partial charge in [0.1, 0.15) is 11.6 Å². The van der Waals surface area contributed by atoms with Gasteiger partial charge in [-0.2, -0.15) is 0 Å². The number of hydrogen-bond acceptors (Lipinski definition) is 4. The molecule has 0 aliphatic carbocycles. The van der Waals surface area contributed by atoms with E-state index in [0.717, 1.165) is 42.1 Å². The van der Waals surface area contributed by atoms with E-state index < -0.39 is 0 Å². The number of fused-ring (bicyclic) bond motifs is 1. The number of aromatic nitrogens is 2. The third-order valence-electron chi connectivity index (χ3n) is 6.79. The van der Waals surface area contributed by atoms with E-state index in [1.807, 2.05) is 49.9 Å². The molecule has 1 aromatic heterocycles. The van der Waals surface area contributed by atoms with Gasteiger partial charge in [-0.1, -0.05) is 12.1 Å². The Hall–Kier alpha value is -2.86. The zero-order chi connectivity index (χ0) is 23.4. The average molecular weight is 449 g/mol. The van der Waals surface area contributed by atoms with Crippen LogP contribution in [0.1, 0.15) is 55.4 Å². The maximum Gasteiger partial charge on any atom is 0.253 e. The second-order valence-corrected chi connectivity index (χ2v) is 8.85. The van der Waals surface area contributed by atoms with E-state index in [0.29, 0.717) is 31.3 Å². The van der Waals surface area contributed by atoms with Gasteiger partial charge in [-0.25, -0.2) is 4.98 Å². The summed E-state index contributed by atoms with van der Waals surface area (Å²) in [6.45, 7) is 10.2. The molecule has 0 N–H and O–H groups in total. The van der Waals surface area contributed by atoms with E-state index in [-0.39, 0.29) is 5.91 Å². The summed E-state index contributed by atoms with van der Waals surface area (Å²) in [6.07, 6.45) is 3.19. The van der Waals surface area contributed by atoms with Crippen molar-refractivity contribution >= 4 is 16.9 Å². The molecule has 4 rings (SSSR count). The van der Waals surface area contributed by atoms with Crippen LogP contribution in [0, 0.1) is 0 Å². The van der Waals surface area contributed by atoms with Gasteiger partial charge in [0, 0.05) is 37.7 Å². The highest BCUT2D eigenvalue weighted by atomic mass is 16.5. The lowest BCUT2D eigenvalue weighted by molar-refractivity contribution is 0.0773. The third kappa shape index (κ3) is 5.06. The van der Waals surface area contributed by atoms with Crippen molar-refractivity contribution in [2.45, 2.75) is 52.6 Å². The molecule has 33 heavy (non-hydrogen) atoms. The number of carbonyl (C=O) groups is 1. The minimum absolute atomic E-state index is 0.0695. The molecule has 6 nitrogen and oxygen atoms in total. The zero-order valence-corrected chi connectivity index (χ0v) is 20.4. The Morgan fingerprint density at radius 3 is 2.52 bits per heavy atom. The van der Waals surface area contributed by atoms with Crippen molar-refractivity contribution in [3.8, 4) is 5.75 Å². The molecule has 0 bridgehead atoms. The molecule has 0 saturated carbocycles. The molecule has 2 aromatic carbocycles. The lowest BCUT2D eigenvalue weighted by Gasteiger charge is -2.22. The van der Waals surface area contributed by atoms with E-state index in [2.05, 4.69) is 34.7 Å². The van der Waals surface area contributed by atoms with Gasteiger partial charge in [-0.05, 0) is 83.1 Å². The summed E-state index contributed by atoms with van der Waals surface area (Å²) in [5.74, 6) is 2.00. The number of likely N-dealkylation sites (tertiary alicyclic amines) is 1. The van der Waals surface area contributed by atoms with Gasteiger partial charge in [0.25, 0.3) is 5.91 Å². The number of amides is 1. The Bertz CT molecular complexity index is 1090.